The summed E-state index contributed by atoms with van der Waals surface area (Å²) >= 11 is 0. The van der Waals surface area contributed by atoms with Gasteiger partial charge >= 0.3 is 12.1 Å². The molecule has 0 aromatic heterocycles. The number of hydrogen-bond acceptors (Lipinski definition) is 3. The van der Waals surface area contributed by atoms with Crippen LogP contribution in [0.1, 0.15) is 13.8 Å². The Balaban J connectivity index is 0.000000246. The number of fused-ring (bicyclic) bond motifs is 1. The highest BCUT2D eigenvalue weighted by Crippen LogP contribution is 2.48. The lowest BCUT2D eigenvalue weighted by Gasteiger charge is -2.19. The standard InChI is InChI=1S/C10H18N2O.C2HF3O2/c1-3-12(7(2)13)6-10-8-4-11-5-9(8)10;3-2(4,5)1(6)7/h8-11H,3-6H2,1-2H3;(H,6,7)/t8-,9+,10+;. The van der Waals surface area contributed by atoms with Gasteiger partial charge in [-0.15, -0.1) is 0 Å². The Bertz CT molecular complexity index is 363. The number of carboxylic acids is 1. The molecule has 1 saturated carbocycles. The van der Waals surface area contributed by atoms with Crippen LogP contribution in [0.3, 0.4) is 0 Å². The highest BCUT2D eigenvalue weighted by molar-refractivity contribution is 5.73. The Hall–Kier alpha value is -1.31. The van der Waals surface area contributed by atoms with E-state index in [0.717, 1.165) is 30.8 Å². The first-order chi connectivity index (χ1) is 9.18. The predicted molar refractivity (Wildman–Crippen MR) is 65.0 cm³/mol. The molecule has 20 heavy (non-hydrogen) atoms. The highest BCUT2D eigenvalue weighted by atomic mass is 19.4. The molecule has 8 heteroatoms. The minimum atomic E-state index is -5.08. The molecule has 0 aromatic rings. The minimum absolute atomic E-state index is 0.223. The fourth-order valence-electron chi connectivity index (χ4n) is 2.55. The molecular weight excluding hydrogens is 277 g/mol. The zero-order valence-corrected chi connectivity index (χ0v) is 11.4. The fraction of sp³-hybridized carbons (Fsp3) is 0.833. The van der Waals surface area contributed by atoms with Crippen molar-refractivity contribution in [3.63, 3.8) is 0 Å². The van der Waals surface area contributed by atoms with Crippen molar-refractivity contribution in [1.29, 1.82) is 0 Å². The summed E-state index contributed by atoms with van der Waals surface area (Å²) in [4.78, 5) is 22.0. The van der Waals surface area contributed by atoms with Gasteiger partial charge in [0.2, 0.25) is 5.91 Å². The number of aliphatic carboxylic acids is 1. The Morgan fingerprint density at radius 3 is 2.05 bits per heavy atom. The van der Waals surface area contributed by atoms with Crippen molar-refractivity contribution in [1.82, 2.24) is 10.2 Å². The number of nitrogens with one attached hydrogen (secondary N) is 1. The molecule has 0 unspecified atom stereocenters. The number of hydrogen-bond donors (Lipinski definition) is 2. The van der Waals surface area contributed by atoms with Crippen molar-refractivity contribution in [3.8, 4) is 0 Å². The molecule has 1 heterocycles. The maximum absolute atomic E-state index is 11.2. The summed E-state index contributed by atoms with van der Waals surface area (Å²) in [6, 6.07) is 0. The third-order valence-corrected chi connectivity index (χ3v) is 3.77. The van der Waals surface area contributed by atoms with Gasteiger partial charge in [0.25, 0.3) is 0 Å². The molecule has 1 aliphatic carbocycles. The number of amides is 1. The van der Waals surface area contributed by atoms with Crippen LogP contribution in [0.5, 0.6) is 0 Å². The average molecular weight is 296 g/mol. The second-order valence-electron chi connectivity index (χ2n) is 5.01. The first-order valence-electron chi connectivity index (χ1n) is 6.44. The number of carbonyl (C=O) groups is 2. The largest absolute Gasteiger partial charge is 0.490 e. The molecule has 1 saturated heterocycles. The van der Waals surface area contributed by atoms with Crippen LogP contribution in [-0.4, -0.2) is 54.2 Å². The number of carbonyl (C=O) groups excluding carboxylic acids is 1. The van der Waals surface area contributed by atoms with Gasteiger partial charge in [-0.1, -0.05) is 0 Å². The smallest absolute Gasteiger partial charge is 0.475 e. The zero-order chi connectivity index (χ0) is 15.5. The quantitative estimate of drug-likeness (QED) is 0.813. The summed E-state index contributed by atoms with van der Waals surface area (Å²) in [5, 5.41) is 10.5. The summed E-state index contributed by atoms with van der Waals surface area (Å²) in [6.07, 6.45) is -5.08. The maximum atomic E-state index is 11.2. The molecule has 2 rings (SSSR count). The molecule has 1 aliphatic heterocycles. The van der Waals surface area contributed by atoms with Crippen molar-refractivity contribution < 1.29 is 27.9 Å². The monoisotopic (exact) mass is 296 g/mol. The first-order valence-corrected chi connectivity index (χ1v) is 6.44. The molecule has 116 valence electrons. The lowest BCUT2D eigenvalue weighted by atomic mass is 10.2. The summed E-state index contributed by atoms with van der Waals surface area (Å²) in [6.45, 7) is 7.91. The van der Waals surface area contributed by atoms with Crippen LogP contribution >= 0.6 is 0 Å². The van der Waals surface area contributed by atoms with Crippen LogP contribution in [-0.2, 0) is 9.59 Å². The molecular formula is C12H19F3N2O3. The molecule has 3 atom stereocenters. The number of rotatable bonds is 3. The van der Waals surface area contributed by atoms with E-state index in [1.807, 2.05) is 4.90 Å². The van der Waals surface area contributed by atoms with E-state index < -0.39 is 12.1 Å². The van der Waals surface area contributed by atoms with Crippen LogP contribution < -0.4 is 5.32 Å². The summed E-state index contributed by atoms with van der Waals surface area (Å²) in [5.74, 6) is -0.000155. The number of alkyl halides is 3. The van der Waals surface area contributed by atoms with Gasteiger partial charge in [0.1, 0.15) is 0 Å². The normalized spacial score (nSPS) is 27.1. The summed E-state index contributed by atoms with van der Waals surface area (Å²) in [7, 11) is 0. The van der Waals surface area contributed by atoms with Crippen molar-refractivity contribution in [3.05, 3.63) is 0 Å². The minimum Gasteiger partial charge on any atom is -0.475 e. The Labute approximate surface area is 115 Å². The third kappa shape index (κ3) is 4.36. The SMILES string of the molecule is CCN(C[C@H]1[C@@H]2CNC[C@@H]21)C(C)=O.O=C(O)C(F)(F)F. The molecule has 1 amide bonds. The number of halogens is 3. The number of piperidine rings is 1. The molecule has 2 N–H and O–H groups in total. The molecule has 0 spiro atoms. The first kappa shape index (κ1) is 16.7. The zero-order valence-electron chi connectivity index (χ0n) is 11.4. The molecule has 5 nitrogen and oxygen atoms in total. The summed E-state index contributed by atoms with van der Waals surface area (Å²) < 4.78 is 31.7. The highest BCUT2D eigenvalue weighted by Gasteiger charge is 2.53. The molecule has 0 bridgehead atoms. The van der Waals surface area contributed by atoms with Crippen molar-refractivity contribution >= 4 is 11.9 Å². The van der Waals surface area contributed by atoms with E-state index in [4.69, 9.17) is 9.90 Å². The van der Waals surface area contributed by atoms with Crippen LogP contribution in [0.25, 0.3) is 0 Å². The van der Waals surface area contributed by atoms with Crippen LogP contribution in [0.4, 0.5) is 13.2 Å². The lowest BCUT2D eigenvalue weighted by molar-refractivity contribution is -0.192. The molecule has 2 aliphatic rings. The van der Waals surface area contributed by atoms with Gasteiger partial charge in [0.05, 0.1) is 0 Å². The van der Waals surface area contributed by atoms with E-state index in [-0.39, 0.29) is 5.91 Å². The van der Waals surface area contributed by atoms with Gasteiger partial charge in [-0.3, -0.25) is 4.79 Å². The van der Waals surface area contributed by atoms with Gasteiger partial charge in [-0.25, -0.2) is 4.79 Å². The molecule has 0 radical (unpaired) electrons. The van der Waals surface area contributed by atoms with Crippen molar-refractivity contribution in [2.75, 3.05) is 26.2 Å². The molecule has 0 aromatic carbocycles. The Morgan fingerprint density at radius 1 is 1.30 bits per heavy atom. The van der Waals surface area contributed by atoms with Crippen LogP contribution in [0, 0.1) is 17.8 Å². The van der Waals surface area contributed by atoms with Gasteiger partial charge in [0.15, 0.2) is 0 Å². The van der Waals surface area contributed by atoms with Gasteiger partial charge < -0.3 is 15.3 Å². The summed E-state index contributed by atoms with van der Waals surface area (Å²) in [5.41, 5.74) is 0. The second kappa shape index (κ2) is 6.43. The third-order valence-electron chi connectivity index (χ3n) is 3.77. The Morgan fingerprint density at radius 2 is 1.75 bits per heavy atom. The van der Waals surface area contributed by atoms with E-state index in [2.05, 4.69) is 12.2 Å². The average Bonchev–Trinajstić information content (AvgIpc) is 2.76. The lowest BCUT2D eigenvalue weighted by Crippen LogP contribution is -2.32. The maximum Gasteiger partial charge on any atom is 0.490 e. The topological polar surface area (TPSA) is 69.6 Å². The van der Waals surface area contributed by atoms with E-state index in [9.17, 15) is 18.0 Å². The van der Waals surface area contributed by atoms with Gasteiger partial charge in [0, 0.05) is 20.0 Å². The van der Waals surface area contributed by atoms with E-state index >= 15 is 0 Å². The molecule has 2 fully saturated rings. The van der Waals surface area contributed by atoms with Crippen LogP contribution in [0.15, 0.2) is 0 Å². The van der Waals surface area contributed by atoms with Gasteiger partial charge in [-0.2, -0.15) is 13.2 Å². The predicted octanol–water partition coefficient (Wildman–Crippen LogP) is 0.954. The number of nitrogens with zero attached hydrogens (tertiary/aromatic N) is 1. The Kier molecular flexibility index (Phi) is 5.38. The number of carboxylic acid groups (broad SMARTS) is 1. The van der Waals surface area contributed by atoms with Crippen molar-refractivity contribution in [2.24, 2.45) is 17.8 Å². The fourth-order valence-corrected chi connectivity index (χ4v) is 2.55. The van der Waals surface area contributed by atoms with E-state index in [1.165, 1.54) is 13.1 Å². The second-order valence-corrected chi connectivity index (χ2v) is 5.01. The van der Waals surface area contributed by atoms with Crippen LogP contribution in [0.2, 0.25) is 0 Å². The van der Waals surface area contributed by atoms with E-state index in [1.54, 1.807) is 6.92 Å². The van der Waals surface area contributed by atoms with E-state index in [0.29, 0.717) is 0 Å². The van der Waals surface area contributed by atoms with Gasteiger partial charge in [-0.05, 0) is 37.8 Å². The van der Waals surface area contributed by atoms with Crippen molar-refractivity contribution in [2.45, 2.75) is 20.0 Å².